The Morgan fingerprint density at radius 2 is 2.17 bits per heavy atom. The number of carbonyl (C=O) groups is 1. The minimum atomic E-state index is -0.345. The monoisotopic (exact) mass is 495 g/mol. The zero-order valence-electron chi connectivity index (χ0n) is 20.5. The van der Waals surface area contributed by atoms with Crippen molar-refractivity contribution in [1.29, 1.82) is 0 Å². The lowest BCUT2D eigenvalue weighted by Gasteiger charge is -2.44. The number of carbonyl (C=O) groups excluding carboxylic acids is 1. The molecule has 0 unspecified atom stereocenters. The second-order valence-corrected chi connectivity index (χ2v) is 10.9. The van der Waals surface area contributed by atoms with Crippen molar-refractivity contribution in [2.75, 3.05) is 39.0 Å². The summed E-state index contributed by atoms with van der Waals surface area (Å²) in [5.41, 5.74) is 9.71. The summed E-state index contributed by atoms with van der Waals surface area (Å²) in [4.78, 5) is 27.9. The van der Waals surface area contributed by atoms with E-state index in [4.69, 9.17) is 15.3 Å². The number of rotatable bonds is 4. The van der Waals surface area contributed by atoms with Crippen LogP contribution in [0.25, 0.3) is 0 Å². The van der Waals surface area contributed by atoms with Gasteiger partial charge in [-0.1, -0.05) is 22.4 Å². The molecule has 2 fully saturated rings. The van der Waals surface area contributed by atoms with E-state index < -0.39 is 0 Å². The average molecular weight is 496 g/mol. The molecule has 3 aliphatic heterocycles. The lowest BCUT2D eigenvalue weighted by Crippen LogP contribution is -2.52. The molecule has 0 saturated carbocycles. The molecule has 2 aromatic rings. The van der Waals surface area contributed by atoms with Gasteiger partial charge in [-0.15, -0.1) is 11.3 Å². The lowest BCUT2D eigenvalue weighted by molar-refractivity contribution is -0.129. The molecule has 0 bridgehead atoms. The van der Waals surface area contributed by atoms with Gasteiger partial charge in [0, 0.05) is 68.2 Å². The summed E-state index contributed by atoms with van der Waals surface area (Å²) >= 11 is 1.53. The van der Waals surface area contributed by atoms with Crippen LogP contribution in [0.3, 0.4) is 0 Å². The molecule has 2 saturated heterocycles. The summed E-state index contributed by atoms with van der Waals surface area (Å²) in [6.07, 6.45) is 7.99. The van der Waals surface area contributed by atoms with Gasteiger partial charge in [-0.05, 0) is 38.4 Å². The molecule has 0 atom stereocenters. The third kappa shape index (κ3) is 5.36. The van der Waals surface area contributed by atoms with Crippen LogP contribution in [0.4, 0.5) is 5.13 Å². The Kier molecular flexibility index (Phi) is 6.80. The van der Waals surface area contributed by atoms with Gasteiger partial charge in [0.05, 0.1) is 5.71 Å². The van der Waals surface area contributed by atoms with E-state index in [-0.39, 0.29) is 11.5 Å². The van der Waals surface area contributed by atoms with Crippen LogP contribution in [-0.4, -0.2) is 65.3 Å². The Labute approximate surface area is 210 Å². The van der Waals surface area contributed by atoms with Gasteiger partial charge in [0.1, 0.15) is 18.5 Å². The number of amides is 1. The number of likely N-dealkylation sites (tertiary alicyclic amines) is 2. The van der Waals surface area contributed by atoms with E-state index in [1.807, 2.05) is 23.2 Å². The zero-order chi connectivity index (χ0) is 24.4. The van der Waals surface area contributed by atoms with Crippen LogP contribution in [0.2, 0.25) is 0 Å². The summed E-state index contributed by atoms with van der Waals surface area (Å²) in [5.74, 6) is 0.959. The number of nitrogen functional groups attached to an aromatic ring is 1. The Morgan fingerprint density at radius 1 is 1.34 bits per heavy atom. The van der Waals surface area contributed by atoms with Gasteiger partial charge in [-0.3, -0.25) is 9.69 Å². The summed E-state index contributed by atoms with van der Waals surface area (Å²) in [6, 6.07) is 6.18. The summed E-state index contributed by atoms with van der Waals surface area (Å²) in [6.45, 7) is 6.09. The van der Waals surface area contributed by atoms with E-state index in [0.29, 0.717) is 24.6 Å². The molecule has 5 rings (SSSR count). The molecule has 4 heterocycles. The predicted octanol–water partition coefficient (Wildman–Crippen LogP) is 3.75. The van der Waals surface area contributed by atoms with E-state index in [9.17, 15) is 4.79 Å². The van der Waals surface area contributed by atoms with Crippen LogP contribution in [0.1, 0.15) is 48.1 Å². The Balaban J connectivity index is 1.21. The normalized spacial score (nSPS) is 22.3. The maximum Gasteiger partial charge on any atom is 0.246 e. The third-order valence-electron chi connectivity index (χ3n) is 7.13. The van der Waals surface area contributed by atoms with Crippen molar-refractivity contribution >= 4 is 28.1 Å². The fourth-order valence-electron chi connectivity index (χ4n) is 5.34. The van der Waals surface area contributed by atoms with E-state index in [1.165, 1.54) is 16.9 Å². The molecule has 9 heteroatoms. The van der Waals surface area contributed by atoms with Crippen molar-refractivity contribution in [2.45, 2.75) is 51.2 Å². The third-order valence-corrected chi connectivity index (χ3v) is 7.94. The molecular formula is C26H33N5O3S. The lowest BCUT2D eigenvalue weighted by atomic mass is 9.81. The highest BCUT2D eigenvalue weighted by Crippen LogP contribution is 2.40. The van der Waals surface area contributed by atoms with Crippen molar-refractivity contribution in [3.63, 3.8) is 0 Å². The van der Waals surface area contributed by atoms with E-state index in [2.05, 4.69) is 34.1 Å². The largest absolute Gasteiger partial charge is 0.486 e. The summed E-state index contributed by atoms with van der Waals surface area (Å²) < 4.78 is 6.53. The zero-order valence-corrected chi connectivity index (χ0v) is 21.3. The number of anilines is 1. The second-order valence-electron chi connectivity index (χ2n) is 9.79. The van der Waals surface area contributed by atoms with Crippen LogP contribution in [0.15, 0.2) is 41.2 Å². The average Bonchev–Trinajstić information content (AvgIpc) is 3.25. The van der Waals surface area contributed by atoms with Crippen LogP contribution >= 0.6 is 11.3 Å². The van der Waals surface area contributed by atoms with Gasteiger partial charge in [0.15, 0.2) is 5.13 Å². The first-order valence-electron chi connectivity index (χ1n) is 12.2. The molecule has 8 nitrogen and oxygen atoms in total. The number of oxime groups is 1. The molecule has 0 aliphatic carbocycles. The van der Waals surface area contributed by atoms with Crippen molar-refractivity contribution in [2.24, 2.45) is 5.16 Å². The second kappa shape index (κ2) is 9.99. The number of piperidine rings is 2. The number of aromatic nitrogens is 1. The highest BCUT2D eigenvalue weighted by Gasteiger charge is 2.43. The van der Waals surface area contributed by atoms with Crippen molar-refractivity contribution in [3.8, 4) is 5.75 Å². The SMILES string of the molecule is CO/N=C1\CC2(CCN(C(=O)/C=C3\CCCN(Cc4cnc(N)s4)C3)CC2)Oc2ccc(C)cc21. The van der Waals surface area contributed by atoms with Crippen LogP contribution in [0, 0.1) is 6.92 Å². The summed E-state index contributed by atoms with van der Waals surface area (Å²) in [7, 11) is 1.58. The summed E-state index contributed by atoms with van der Waals surface area (Å²) in [5, 5.41) is 4.92. The molecule has 186 valence electrons. The van der Waals surface area contributed by atoms with Gasteiger partial charge in [0.2, 0.25) is 5.91 Å². The van der Waals surface area contributed by atoms with Gasteiger partial charge < -0.3 is 20.2 Å². The molecule has 1 aromatic carbocycles. The highest BCUT2D eigenvalue weighted by atomic mass is 32.1. The van der Waals surface area contributed by atoms with E-state index >= 15 is 0 Å². The molecule has 1 amide bonds. The fourth-order valence-corrected chi connectivity index (χ4v) is 6.07. The first-order chi connectivity index (χ1) is 16.9. The number of ether oxygens (including phenoxy) is 1. The van der Waals surface area contributed by atoms with Crippen molar-refractivity contribution < 1.29 is 14.4 Å². The number of benzene rings is 1. The molecule has 1 aromatic heterocycles. The standard InChI is InChI=1S/C26H33N5O3S/c1-18-5-6-23-21(12-18)22(29-33-2)14-26(34-23)7-10-31(11-8-26)24(32)13-19-4-3-9-30(16-19)17-20-15-28-25(27)35-20/h5-6,12-13,15H,3-4,7-11,14,16-17H2,1-2H3,(H2,27,28)/b19-13+,29-22+. The van der Waals surface area contributed by atoms with Gasteiger partial charge in [0.25, 0.3) is 0 Å². The quantitative estimate of drug-likeness (QED) is 0.513. The molecule has 2 N–H and O–H groups in total. The smallest absolute Gasteiger partial charge is 0.246 e. The number of nitrogens with two attached hydrogens (primary N) is 1. The molecule has 1 spiro atoms. The predicted molar refractivity (Wildman–Crippen MR) is 138 cm³/mol. The van der Waals surface area contributed by atoms with Crippen molar-refractivity contribution in [1.82, 2.24) is 14.8 Å². The topological polar surface area (TPSA) is 93.3 Å². The molecule has 0 radical (unpaired) electrons. The number of aryl methyl sites for hydroxylation is 1. The van der Waals surface area contributed by atoms with Crippen molar-refractivity contribution in [3.05, 3.63) is 52.0 Å². The molecular weight excluding hydrogens is 462 g/mol. The van der Waals surface area contributed by atoms with Crippen LogP contribution in [0.5, 0.6) is 5.75 Å². The fraction of sp³-hybridized carbons (Fsp3) is 0.500. The first-order valence-corrected chi connectivity index (χ1v) is 13.1. The Hall–Kier alpha value is -2.91. The highest BCUT2D eigenvalue weighted by molar-refractivity contribution is 7.15. The van der Waals surface area contributed by atoms with Gasteiger partial charge in [-0.25, -0.2) is 4.98 Å². The number of hydrogen-bond acceptors (Lipinski definition) is 8. The minimum absolute atomic E-state index is 0.108. The number of fused-ring (bicyclic) bond motifs is 1. The van der Waals surface area contributed by atoms with Gasteiger partial charge in [-0.2, -0.15) is 0 Å². The van der Waals surface area contributed by atoms with Crippen LogP contribution < -0.4 is 10.5 Å². The number of thiazole rings is 1. The number of nitrogens with zero attached hydrogens (tertiary/aromatic N) is 4. The minimum Gasteiger partial charge on any atom is -0.486 e. The Morgan fingerprint density at radius 3 is 2.91 bits per heavy atom. The number of hydrogen-bond donors (Lipinski definition) is 1. The molecule has 35 heavy (non-hydrogen) atoms. The first kappa shape index (κ1) is 23.8. The van der Waals surface area contributed by atoms with Gasteiger partial charge >= 0.3 is 0 Å². The maximum atomic E-state index is 13.1. The molecule has 3 aliphatic rings. The maximum absolute atomic E-state index is 13.1. The Bertz CT molecular complexity index is 1150. The van der Waals surface area contributed by atoms with E-state index in [0.717, 1.165) is 72.8 Å². The van der Waals surface area contributed by atoms with E-state index in [1.54, 1.807) is 7.11 Å². The van der Waals surface area contributed by atoms with Crippen LogP contribution in [-0.2, 0) is 16.2 Å².